The summed E-state index contributed by atoms with van der Waals surface area (Å²) in [5.41, 5.74) is 2.30. The molecule has 3 nitrogen and oxygen atoms in total. The number of hydrogen-bond acceptors (Lipinski definition) is 2. The predicted molar refractivity (Wildman–Crippen MR) is 70.3 cm³/mol. The van der Waals surface area contributed by atoms with Crippen LogP contribution in [-0.4, -0.2) is 24.2 Å². The lowest BCUT2D eigenvalue weighted by atomic mass is 10.2. The van der Waals surface area contributed by atoms with Gasteiger partial charge in [0, 0.05) is 18.8 Å². The van der Waals surface area contributed by atoms with E-state index >= 15 is 0 Å². The second-order valence-corrected chi connectivity index (χ2v) is 4.21. The highest BCUT2D eigenvalue weighted by molar-refractivity contribution is 5.67. The third-order valence-corrected chi connectivity index (χ3v) is 2.44. The molecule has 0 spiro atoms. The van der Waals surface area contributed by atoms with Crippen LogP contribution in [-0.2, 0) is 4.79 Å². The van der Waals surface area contributed by atoms with Crippen molar-refractivity contribution in [1.29, 1.82) is 0 Å². The van der Waals surface area contributed by atoms with Gasteiger partial charge in [-0.15, -0.1) is 0 Å². The van der Waals surface area contributed by atoms with E-state index in [0.29, 0.717) is 6.54 Å². The van der Waals surface area contributed by atoms with Crippen LogP contribution in [0.25, 0.3) is 0 Å². The standard InChI is InChI=1S/C14H19NO2/c1-12(2)8-10-15(11-9-14(16)17)13-6-4-3-5-7-13/h3-8H,9-11H2,1-2H3,(H,16,17). The van der Waals surface area contributed by atoms with Crippen LogP contribution in [0.1, 0.15) is 20.3 Å². The van der Waals surface area contributed by atoms with Crippen LogP contribution >= 0.6 is 0 Å². The van der Waals surface area contributed by atoms with Crippen LogP contribution in [0.4, 0.5) is 5.69 Å². The van der Waals surface area contributed by atoms with Crippen LogP contribution in [0, 0.1) is 0 Å². The van der Waals surface area contributed by atoms with Crippen molar-refractivity contribution in [2.24, 2.45) is 0 Å². The Labute approximate surface area is 102 Å². The minimum absolute atomic E-state index is 0.158. The van der Waals surface area contributed by atoms with Crippen molar-refractivity contribution in [3.8, 4) is 0 Å². The zero-order chi connectivity index (χ0) is 12.7. The first-order valence-electron chi connectivity index (χ1n) is 5.74. The molecule has 1 rings (SSSR count). The quantitative estimate of drug-likeness (QED) is 0.768. The monoisotopic (exact) mass is 233 g/mol. The zero-order valence-corrected chi connectivity index (χ0v) is 10.4. The number of anilines is 1. The van der Waals surface area contributed by atoms with Gasteiger partial charge in [-0.2, -0.15) is 0 Å². The molecule has 0 bridgehead atoms. The molecule has 0 amide bonds. The molecule has 0 aliphatic carbocycles. The first-order valence-corrected chi connectivity index (χ1v) is 5.74. The maximum absolute atomic E-state index is 10.6. The molecule has 0 aliphatic rings. The summed E-state index contributed by atoms with van der Waals surface area (Å²) in [6.45, 7) is 5.36. The third-order valence-electron chi connectivity index (χ3n) is 2.44. The van der Waals surface area contributed by atoms with E-state index in [-0.39, 0.29) is 6.42 Å². The molecule has 92 valence electrons. The maximum Gasteiger partial charge on any atom is 0.305 e. The first-order chi connectivity index (χ1) is 8.09. The van der Waals surface area contributed by atoms with E-state index in [2.05, 4.69) is 11.0 Å². The molecule has 17 heavy (non-hydrogen) atoms. The molecule has 1 aromatic rings. The summed E-state index contributed by atoms with van der Waals surface area (Å²) in [4.78, 5) is 12.7. The van der Waals surface area contributed by atoms with Gasteiger partial charge < -0.3 is 10.0 Å². The Bertz CT molecular complexity index is 380. The lowest BCUT2D eigenvalue weighted by Crippen LogP contribution is -2.26. The number of benzene rings is 1. The van der Waals surface area contributed by atoms with Gasteiger partial charge in [0.05, 0.1) is 6.42 Å². The van der Waals surface area contributed by atoms with Gasteiger partial charge in [-0.25, -0.2) is 0 Å². The third kappa shape index (κ3) is 5.20. The van der Waals surface area contributed by atoms with E-state index in [4.69, 9.17) is 5.11 Å². The lowest BCUT2D eigenvalue weighted by Gasteiger charge is -2.22. The normalized spacial score (nSPS) is 9.76. The second kappa shape index (κ2) is 6.74. The van der Waals surface area contributed by atoms with Crippen LogP contribution in [0.5, 0.6) is 0 Å². The number of hydrogen-bond donors (Lipinski definition) is 1. The Kier molecular flexibility index (Phi) is 5.27. The smallest absolute Gasteiger partial charge is 0.305 e. The minimum Gasteiger partial charge on any atom is -0.481 e. The van der Waals surface area contributed by atoms with Crippen LogP contribution in [0.15, 0.2) is 42.0 Å². The van der Waals surface area contributed by atoms with Gasteiger partial charge in [0.15, 0.2) is 0 Å². The molecule has 0 aromatic heterocycles. The zero-order valence-electron chi connectivity index (χ0n) is 10.4. The van der Waals surface area contributed by atoms with Gasteiger partial charge in [-0.1, -0.05) is 29.8 Å². The summed E-state index contributed by atoms with van der Waals surface area (Å²) in [6.07, 6.45) is 2.26. The molecule has 1 N–H and O–H groups in total. The van der Waals surface area contributed by atoms with E-state index in [1.165, 1.54) is 5.57 Å². The SMILES string of the molecule is CC(C)=CCN(CCC(=O)O)c1ccccc1. The van der Waals surface area contributed by atoms with Crippen LogP contribution in [0.2, 0.25) is 0 Å². The minimum atomic E-state index is -0.761. The van der Waals surface area contributed by atoms with Crippen molar-refractivity contribution in [3.05, 3.63) is 42.0 Å². The van der Waals surface area contributed by atoms with Crippen molar-refractivity contribution in [1.82, 2.24) is 0 Å². The number of carbonyl (C=O) groups is 1. The molecular formula is C14H19NO2. The largest absolute Gasteiger partial charge is 0.481 e. The van der Waals surface area contributed by atoms with E-state index in [0.717, 1.165) is 12.2 Å². The van der Waals surface area contributed by atoms with Crippen molar-refractivity contribution < 1.29 is 9.90 Å². The fourth-order valence-electron chi connectivity index (χ4n) is 1.49. The molecule has 3 heteroatoms. The molecule has 0 aliphatic heterocycles. The summed E-state index contributed by atoms with van der Waals surface area (Å²) in [6, 6.07) is 9.89. The van der Waals surface area contributed by atoms with Crippen LogP contribution in [0.3, 0.4) is 0 Å². The number of nitrogens with zero attached hydrogens (tertiary/aromatic N) is 1. The number of allylic oxidation sites excluding steroid dienone is 1. The number of aliphatic carboxylic acids is 1. The molecule has 0 unspecified atom stereocenters. The van der Waals surface area contributed by atoms with E-state index in [9.17, 15) is 4.79 Å². The van der Waals surface area contributed by atoms with E-state index in [1.54, 1.807) is 0 Å². The first kappa shape index (κ1) is 13.3. The van der Waals surface area contributed by atoms with Crippen molar-refractivity contribution in [3.63, 3.8) is 0 Å². The Morgan fingerprint density at radius 2 is 1.94 bits per heavy atom. The van der Waals surface area contributed by atoms with Crippen molar-refractivity contribution in [2.75, 3.05) is 18.0 Å². The maximum atomic E-state index is 10.6. The van der Waals surface area contributed by atoms with Gasteiger partial charge in [0.2, 0.25) is 0 Å². The fourth-order valence-corrected chi connectivity index (χ4v) is 1.49. The Hall–Kier alpha value is -1.77. The second-order valence-electron chi connectivity index (χ2n) is 4.21. The molecule has 0 fully saturated rings. The number of carboxylic acid groups (broad SMARTS) is 1. The highest BCUT2D eigenvalue weighted by Gasteiger charge is 2.06. The summed E-state index contributed by atoms with van der Waals surface area (Å²) < 4.78 is 0. The van der Waals surface area contributed by atoms with Crippen molar-refractivity contribution >= 4 is 11.7 Å². The summed E-state index contributed by atoms with van der Waals surface area (Å²) in [5, 5.41) is 8.74. The highest BCUT2D eigenvalue weighted by Crippen LogP contribution is 2.13. The molecule has 0 saturated heterocycles. The molecule has 0 radical (unpaired) electrons. The van der Waals surface area contributed by atoms with Gasteiger partial charge in [-0.3, -0.25) is 4.79 Å². The summed E-state index contributed by atoms with van der Waals surface area (Å²) in [5.74, 6) is -0.761. The van der Waals surface area contributed by atoms with E-state index < -0.39 is 5.97 Å². The van der Waals surface area contributed by atoms with Crippen molar-refractivity contribution in [2.45, 2.75) is 20.3 Å². The summed E-state index contributed by atoms with van der Waals surface area (Å²) >= 11 is 0. The molecule has 0 heterocycles. The number of carboxylic acids is 1. The number of rotatable bonds is 6. The predicted octanol–water partition coefficient (Wildman–Crippen LogP) is 2.93. The van der Waals surface area contributed by atoms with Crippen LogP contribution < -0.4 is 4.90 Å². The summed E-state index contributed by atoms with van der Waals surface area (Å²) in [7, 11) is 0. The van der Waals surface area contributed by atoms with Gasteiger partial charge in [0.1, 0.15) is 0 Å². The molecule has 0 saturated carbocycles. The van der Waals surface area contributed by atoms with Gasteiger partial charge in [-0.05, 0) is 26.0 Å². The average molecular weight is 233 g/mol. The lowest BCUT2D eigenvalue weighted by molar-refractivity contribution is -0.136. The number of para-hydroxylation sites is 1. The highest BCUT2D eigenvalue weighted by atomic mass is 16.4. The van der Waals surface area contributed by atoms with Gasteiger partial charge in [0.25, 0.3) is 0 Å². The topological polar surface area (TPSA) is 40.5 Å². The molecular weight excluding hydrogens is 214 g/mol. The average Bonchev–Trinajstić information content (AvgIpc) is 2.29. The van der Waals surface area contributed by atoms with Gasteiger partial charge >= 0.3 is 5.97 Å². The Morgan fingerprint density at radius 1 is 1.29 bits per heavy atom. The van der Waals surface area contributed by atoms with E-state index in [1.807, 2.05) is 44.2 Å². The molecule has 1 aromatic carbocycles. The molecule has 0 atom stereocenters. The Balaban J connectivity index is 2.72. The Morgan fingerprint density at radius 3 is 2.47 bits per heavy atom. The fraction of sp³-hybridized carbons (Fsp3) is 0.357.